The van der Waals surface area contributed by atoms with E-state index < -0.39 is 16.1 Å². The summed E-state index contributed by atoms with van der Waals surface area (Å²) in [5.41, 5.74) is 7.01. The molecule has 2 aromatic heterocycles. The van der Waals surface area contributed by atoms with E-state index in [1.807, 2.05) is 50.2 Å². The number of hydrogen-bond donors (Lipinski definition) is 5. The number of amides is 2. The van der Waals surface area contributed by atoms with Crippen LogP contribution in [0.15, 0.2) is 108 Å². The lowest BCUT2D eigenvalue weighted by molar-refractivity contribution is -0.120. The third-order valence-electron chi connectivity index (χ3n) is 8.62. The van der Waals surface area contributed by atoms with Crippen LogP contribution in [0, 0.1) is 13.8 Å². The molecule has 0 saturated carbocycles. The fourth-order valence-corrected chi connectivity index (χ4v) is 6.30. The number of sulfonamides is 1. The Morgan fingerprint density at radius 1 is 0.824 bits per heavy atom. The first-order valence-corrected chi connectivity index (χ1v) is 18.3. The highest BCUT2D eigenvalue weighted by Crippen LogP contribution is 2.18. The summed E-state index contributed by atoms with van der Waals surface area (Å²) in [5, 5.41) is 25.1. The average Bonchev–Trinajstić information content (AvgIpc) is 3.45. The number of pyridine rings is 1. The Morgan fingerprint density at radius 3 is 2.08 bits per heavy atom. The van der Waals surface area contributed by atoms with E-state index in [0.29, 0.717) is 18.7 Å². The van der Waals surface area contributed by atoms with Crippen molar-refractivity contribution >= 4 is 21.8 Å². The number of primary sulfonamides is 1. The van der Waals surface area contributed by atoms with E-state index >= 15 is 0 Å². The summed E-state index contributed by atoms with van der Waals surface area (Å²) in [6.45, 7) is 7.08. The number of nitrogens with one attached hydrogen (secondary N) is 3. The Hall–Kier alpha value is -5.14. The molecule has 5 rings (SSSR count). The van der Waals surface area contributed by atoms with Gasteiger partial charge in [0.2, 0.25) is 15.9 Å². The van der Waals surface area contributed by atoms with Gasteiger partial charge in [0.1, 0.15) is 5.82 Å². The van der Waals surface area contributed by atoms with Gasteiger partial charge in [0.15, 0.2) is 0 Å². The molecule has 0 fully saturated rings. The quantitative estimate of drug-likeness (QED) is 0.109. The van der Waals surface area contributed by atoms with Crippen LogP contribution in [-0.4, -0.2) is 47.5 Å². The summed E-state index contributed by atoms with van der Waals surface area (Å²) in [6.07, 6.45) is 2.00. The minimum atomic E-state index is -3.77. The summed E-state index contributed by atoms with van der Waals surface area (Å²) in [5.74, 6) is 0.437. The molecule has 2 amide bonds. The zero-order chi connectivity index (χ0) is 36.5. The molecule has 0 saturated heterocycles. The van der Waals surface area contributed by atoms with Gasteiger partial charge in [-0.15, -0.1) is 0 Å². The van der Waals surface area contributed by atoms with Gasteiger partial charge in [-0.2, -0.15) is 0 Å². The first kappa shape index (κ1) is 37.1. The van der Waals surface area contributed by atoms with Crippen molar-refractivity contribution in [3.05, 3.63) is 148 Å². The van der Waals surface area contributed by atoms with Crippen molar-refractivity contribution in [3.63, 3.8) is 0 Å². The van der Waals surface area contributed by atoms with E-state index in [9.17, 15) is 23.1 Å². The number of carbonyl (C=O) groups is 2. The maximum Gasteiger partial charge on any atom is 0.251 e. The topological polar surface area (TPSA) is 168 Å². The zero-order valence-corrected chi connectivity index (χ0v) is 29.8. The van der Waals surface area contributed by atoms with Crippen molar-refractivity contribution in [2.45, 2.75) is 63.7 Å². The van der Waals surface area contributed by atoms with Crippen LogP contribution < -0.4 is 21.1 Å². The number of carbonyl (C=O) groups excluding carboxylic acids is 2. The first-order chi connectivity index (χ1) is 24.4. The molecule has 6 N–H and O–H groups in total. The number of benzene rings is 3. The molecule has 266 valence electrons. The number of aliphatic hydroxyl groups excluding tert-OH is 1. The Bertz CT molecular complexity index is 2040. The number of nitrogens with two attached hydrogens (primary N) is 1. The second-order valence-electron chi connectivity index (χ2n) is 12.8. The second-order valence-corrected chi connectivity index (χ2v) is 14.3. The minimum Gasteiger partial charge on any atom is -0.387 e. The van der Waals surface area contributed by atoms with Crippen LogP contribution >= 0.6 is 0 Å². The molecule has 0 spiro atoms. The number of hydrogen-bond acceptors (Lipinski definition) is 7. The zero-order valence-electron chi connectivity index (χ0n) is 29.0. The Balaban J connectivity index is 1.03. The van der Waals surface area contributed by atoms with E-state index in [2.05, 4.69) is 44.6 Å². The van der Waals surface area contributed by atoms with Crippen molar-refractivity contribution in [2.24, 2.45) is 5.14 Å². The van der Waals surface area contributed by atoms with E-state index in [0.717, 1.165) is 51.4 Å². The van der Waals surface area contributed by atoms with Crippen LogP contribution in [0.2, 0.25) is 0 Å². The van der Waals surface area contributed by atoms with Gasteiger partial charge in [0, 0.05) is 54.4 Å². The lowest BCUT2D eigenvalue weighted by Gasteiger charge is -2.18. The lowest BCUT2D eigenvalue weighted by Crippen LogP contribution is -2.32. The van der Waals surface area contributed by atoms with Crippen LogP contribution in [0.3, 0.4) is 0 Å². The molecule has 5 aromatic rings. The summed E-state index contributed by atoms with van der Waals surface area (Å²) < 4.78 is 24.9. The van der Waals surface area contributed by atoms with E-state index in [-0.39, 0.29) is 35.7 Å². The summed E-state index contributed by atoms with van der Waals surface area (Å²) in [6, 6.07) is 28.9. The van der Waals surface area contributed by atoms with Gasteiger partial charge in [0.05, 0.1) is 17.4 Å². The molecule has 0 radical (unpaired) electrons. The molecule has 51 heavy (non-hydrogen) atoms. The van der Waals surface area contributed by atoms with Crippen LogP contribution in [-0.2, 0) is 40.7 Å². The largest absolute Gasteiger partial charge is 0.387 e. The molecular formula is C39H44N6O5S. The van der Waals surface area contributed by atoms with Crippen molar-refractivity contribution in [2.75, 3.05) is 6.54 Å². The minimum absolute atomic E-state index is 0.00994. The average molecular weight is 709 g/mol. The standard InChI is InChI=1S/C39H44N6O5S/c1-26(41-25-36(46)34-15-18-37(42-24-34)45-27(2)7-8-28(45)3)19-31-5-4-6-32(20-31)21-38(47)43-22-29-9-13-33(14-10-29)39(48)44-23-30-11-16-35(17-12-30)51(40,49)50/h4-18,20,24,26,36,41,46H,19,21-23,25H2,1-3H3,(H,43,47)(H,44,48)(H2,40,49,50). The van der Waals surface area contributed by atoms with Gasteiger partial charge < -0.3 is 25.6 Å². The molecular weight excluding hydrogens is 665 g/mol. The molecule has 11 nitrogen and oxygen atoms in total. The first-order valence-electron chi connectivity index (χ1n) is 16.7. The second kappa shape index (κ2) is 16.7. The molecule has 0 aliphatic heterocycles. The maximum atomic E-state index is 12.8. The predicted octanol–water partition coefficient (Wildman–Crippen LogP) is 4.18. The Morgan fingerprint density at radius 2 is 1.45 bits per heavy atom. The Kier molecular flexibility index (Phi) is 12.2. The number of aromatic nitrogens is 2. The van der Waals surface area contributed by atoms with Gasteiger partial charge in [-0.05, 0) is 91.9 Å². The molecule has 2 atom stereocenters. The molecule has 0 bridgehead atoms. The van der Waals surface area contributed by atoms with E-state index in [1.165, 1.54) is 12.1 Å². The fraction of sp³-hybridized carbons (Fsp3) is 0.256. The summed E-state index contributed by atoms with van der Waals surface area (Å²) in [4.78, 5) is 29.9. The molecule has 2 unspecified atom stereocenters. The van der Waals surface area contributed by atoms with Crippen LogP contribution in [0.25, 0.3) is 5.82 Å². The van der Waals surface area contributed by atoms with Crippen molar-refractivity contribution in [1.29, 1.82) is 0 Å². The smallest absolute Gasteiger partial charge is 0.251 e. The predicted molar refractivity (Wildman–Crippen MR) is 197 cm³/mol. The van der Waals surface area contributed by atoms with E-state index in [1.54, 1.807) is 42.6 Å². The van der Waals surface area contributed by atoms with Crippen LogP contribution in [0.5, 0.6) is 0 Å². The summed E-state index contributed by atoms with van der Waals surface area (Å²) in [7, 11) is -3.77. The van der Waals surface area contributed by atoms with Crippen molar-refractivity contribution < 1.29 is 23.1 Å². The number of nitrogens with zero attached hydrogens (tertiary/aromatic N) is 2. The van der Waals surface area contributed by atoms with Gasteiger partial charge in [0.25, 0.3) is 5.91 Å². The van der Waals surface area contributed by atoms with Crippen LogP contribution in [0.4, 0.5) is 0 Å². The van der Waals surface area contributed by atoms with Crippen molar-refractivity contribution in [1.82, 2.24) is 25.5 Å². The normalized spacial score (nSPS) is 12.6. The Labute approximate surface area is 299 Å². The molecule has 3 aromatic carbocycles. The van der Waals surface area contributed by atoms with Crippen LogP contribution in [0.1, 0.15) is 62.6 Å². The van der Waals surface area contributed by atoms with Crippen molar-refractivity contribution in [3.8, 4) is 5.82 Å². The third-order valence-corrected chi connectivity index (χ3v) is 9.55. The monoisotopic (exact) mass is 708 g/mol. The van der Waals surface area contributed by atoms with Gasteiger partial charge in [-0.25, -0.2) is 18.5 Å². The highest BCUT2D eigenvalue weighted by molar-refractivity contribution is 7.89. The fourth-order valence-electron chi connectivity index (χ4n) is 5.78. The summed E-state index contributed by atoms with van der Waals surface area (Å²) >= 11 is 0. The SMILES string of the molecule is Cc1ccc(C)n1-c1ccc(C(O)CNC(C)Cc2cccc(CC(=O)NCc3ccc(C(=O)NCc4ccc(S(N)(=O)=O)cc4)cc3)c2)cn1. The van der Waals surface area contributed by atoms with Gasteiger partial charge in [-0.1, -0.05) is 54.6 Å². The molecule has 0 aliphatic rings. The third kappa shape index (κ3) is 10.4. The number of rotatable bonds is 15. The molecule has 12 heteroatoms. The lowest BCUT2D eigenvalue weighted by atomic mass is 10.0. The molecule has 2 heterocycles. The van der Waals surface area contributed by atoms with Gasteiger partial charge >= 0.3 is 0 Å². The maximum absolute atomic E-state index is 12.8. The highest BCUT2D eigenvalue weighted by atomic mass is 32.2. The highest BCUT2D eigenvalue weighted by Gasteiger charge is 2.14. The van der Waals surface area contributed by atoms with Gasteiger partial charge in [-0.3, -0.25) is 9.59 Å². The number of aliphatic hydroxyl groups is 1. The van der Waals surface area contributed by atoms with E-state index in [4.69, 9.17) is 5.14 Å². The molecule has 0 aliphatic carbocycles. The number of aryl methyl sites for hydroxylation is 2.